The molecular weight excluding hydrogens is 224 g/mol. The number of hydrogen-bond donors (Lipinski definition) is 0. The SMILES string of the molecule is C=Cc1cnc(-c2ccccn2)c(OC)c1C=C. The van der Waals surface area contributed by atoms with E-state index in [0.29, 0.717) is 11.4 Å². The minimum atomic E-state index is 0.668. The Kier molecular flexibility index (Phi) is 3.53. The third-order valence-corrected chi connectivity index (χ3v) is 2.64. The highest BCUT2D eigenvalue weighted by Crippen LogP contribution is 2.33. The van der Waals surface area contributed by atoms with Gasteiger partial charge in [-0.1, -0.05) is 31.4 Å². The first-order valence-electron chi connectivity index (χ1n) is 5.55. The topological polar surface area (TPSA) is 35.0 Å². The fourth-order valence-electron chi connectivity index (χ4n) is 1.79. The Morgan fingerprint density at radius 2 is 2.00 bits per heavy atom. The number of hydrogen-bond acceptors (Lipinski definition) is 3. The van der Waals surface area contributed by atoms with Crippen molar-refractivity contribution in [3.05, 3.63) is 54.9 Å². The molecule has 0 aromatic carbocycles. The van der Waals surface area contributed by atoms with Gasteiger partial charge in [0.1, 0.15) is 5.69 Å². The molecule has 0 saturated carbocycles. The second kappa shape index (κ2) is 5.27. The number of nitrogens with zero attached hydrogens (tertiary/aromatic N) is 2. The highest BCUT2D eigenvalue weighted by molar-refractivity contribution is 5.76. The summed E-state index contributed by atoms with van der Waals surface area (Å²) in [7, 11) is 1.61. The van der Waals surface area contributed by atoms with Gasteiger partial charge in [0.25, 0.3) is 0 Å². The molecular formula is C15H14N2O. The number of pyridine rings is 2. The van der Waals surface area contributed by atoms with Gasteiger partial charge in [-0.2, -0.15) is 0 Å². The molecule has 0 saturated heterocycles. The standard InChI is InChI=1S/C15H14N2O/c1-4-11-10-17-14(13-8-6-7-9-16-13)15(18-3)12(11)5-2/h4-10H,1-2H2,3H3. The molecule has 90 valence electrons. The third-order valence-electron chi connectivity index (χ3n) is 2.64. The van der Waals surface area contributed by atoms with E-state index in [1.807, 2.05) is 18.2 Å². The number of ether oxygens (including phenoxy) is 1. The van der Waals surface area contributed by atoms with Gasteiger partial charge < -0.3 is 4.74 Å². The fraction of sp³-hybridized carbons (Fsp3) is 0.0667. The summed E-state index contributed by atoms with van der Waals surface area (Å²) < 4.78 is 5.44. The molecule has 0 atom stereocenters. The molecule has 0 spiro atoms. The summed E-state index contributed by atoms with van der Waals surface area (Å²) in [5.41, 5.74) is 3.25. The van der Waals surface area contributed by atoms with Gasteiger partial charge in [0.05, 0.1) is 12.8 Å². The molecule has 3 heteroatoms. The van der Waals surface area contributed by atoms with Crippen LogP contribution in [-0.4, -0.2) is 17.1 Å². The summed E-state index contributed by atoms with van der Waals surface area (Å²) in [5, 5.41) is 0. The van der Waals surface area contributed by atoms with Crippen LogP contribution in [0.4, 0.5) is 0 Å². The van der Waals surface area contributed by atoms with Crippen molar-refractivity contribution in [2.75, 3.05) is 7.11 Å². The van der Waals surface area contributed by atoms with E-state index >= 15 is 0 Å². The van der Waals surface area contributed by atoms with Crippen molar-refractivity contribution in [1.82, 2.24) is 9.97 Å². The molecule has 2 rings (SSSR count). The molecule has 18 heavy (non-hydrogen) atoms. The van der Waals surface area contributed by atoms with Crippen LogP contribution in [0.1, 0.15) is 11.1 Å². The van der Waals surface area contributed by atoms with Crippen LogP contribution < -0.4 is 4.74 Å². The van der Waals surface area contributed by atoms with E-state index in [4.69, 9.17) is 4.74 Å². The second-order valence-electron chi connectivity index (χ2n) is 3.63. The monoisotopic (exact) mass is 238 g/mol. The van der Waals surface area contributed by atoms with Crippen molar-refractivity contribution >= 4 is 12.2 Å². The lowest BCUT2D eigenvalue weighted by Gasteiger charge is -2.12. The van der Waals surface area contributed by atoms with Gasteiger partial charge in [-0.05, 0) is 12.1 Å². The zero-order chi connectivity index (χ0) is 13.0. The van der Waals surface area contributed by atoms with Crippen molar-refractivity contribution in [2.24, 2.45) is 0 Å². The molecule has 0 bridgehead atoms. The van der Waals surface area contributed by atoms with Gasteiger partial charge >= 0.3 is 0 Å². The predicted molar refractivity (Wildman–Crippen MR) is 74.2 cm³/mol. The average Bonchev–Trinajstić information content (AvgIpc) is 2.46. The van der Waals surface area contributed by atoms with Crippen molar-refractivity contribution in [2.45, 2.75) is 0 Å². The molecule has 0 unspecified atom stereocenters. The quantitative estimate of drug-likeness (QED) is 0.818. The maximum absolute atomic E-state index is 5.44. The first-order chi connectivity index (χ1) is 8.81. The van der Waals surface area contributed by atoms with Crippen molar-refractivity contribution < 1.29 is 4.74 Å². The maximum Gasteiger partial charge on any atom is 0.154 e. The summed E-state index contributed by atoms with van der Waals surface area (Å²) in [5.74, 6) is 0.668. The van der Waals surface area contributed by atoms with Crippen molar-refractivity contribution in [3.8, 4) is 17.1 Å². The Bertz CT molecular complexity index is 577. The number of rotatable bonds is 4. The molecule has 0 radical (unpaired) electrons. The first-order valence-corrected chi connectivity index (χ1v) is 5.55. The van der Waals surface area contributed by atoms with Gasteiger partial charge in [-0.15, -0.1) is 0 Å². The zero-order valence-corrected chi connectivity index (χ0v) is 10.3. The Hall–Kier alpha value is -2.42. The first kappa shape index (κ1) is 12.0. The van der Waals surface area contributed by atoms with Crippen molar-refractivity contribution in [3.63, 3.8) is 0 Å². The van der Waals surface area contributed by atoms with Crippen LogP contribution in [0.5, 0.6) is 5.75 Å². The normalized spacial score (nSPS) is 9.83. The highest BCUT2D eigenvalue weighted by atomic mass is 16.5. The smallest absolute Gasteiger partial charge is 0.154 e. The van der Waals surface area contributed by atoms with E-state index in [2.05, 4.69) is 23.1 Å². The summed E-state index contributed by atoms with van der Waals surface area (Å²) in [4.78, 5) is 8.68. The van der Waals surface area contributed by atoms with E-state index in [-0.39, 0.29) is 0 Å². The second-order valence-corrected chi connectivity index (χ2v) is 3.63. The zero-order valence-electron chi connectivity index (χ0n) is 10.3. The number of methoxy groups -OCH3 is 1. The minimum Gasteiger partial charge on any atom is -0.494 e. The van der Waals surface area contributed by atoms with Crippen LogP contribution in [0.15, 0.2) is 43.8 Å². The summed E-state index contributed by atoms with van der Waals surface area (Å²) in [6.45, 7) is 7.57. The van der Waals surface area contributed by atoms with Crippen molar-refractivity contribution in [1.29, 1.82) is 0 Å². The molecule has 0 aliphatic heterocycles. The third kappa shape index (κ3) is 2.02. The molecule has 2 aromatic heterocycles. The molecule has 2 heterocycles. The molecule has 3 nitrogen and oxygen atoms in total. The van der Waals surface area contributed by atoms with E-state index in [9.17, 15) is 0 Å². The van der Waals surface area contributed by atoms with Gasteiger partial charge in [-0.3, -0.25) is 9.97 Å². The molecule has 0 amide bonds. The summed E-state index contributed by atoms with van der Waals surface area (Å²) in [6.07, 6.45) is 6.95. The van der Waals surface area contributed by atoms with Gasteiger partial charge in [0.15, 0.2) is 5.75 Å². The lowest BCUT2D eigenvalue weighted by molar-refractivity contribution is 0.413. The average molecular weight is 238 g/mol. The van der Waals surface area contributed by atoms with E-state index < -0.39 is 0 Å². The molecule has 0 fully saturated rings. The van der Waals surface area contributed by atoms with Gasteiger partial charge in [-0.25, -0.2) is 0 Å². The maximum atomic E-state index is 5.44. The highest BCUT2D eigenvalue weighted by Gasteiger charge is 2.14. The Balaban J connectivity index is 2.69. The van der Waals surface area contributed by atoms with Crippen LogP contribution in [0.25, 0.3) is 23.5 Å². The van der Waals surface area contributed by atoms with E-state index in [1.54, 1.807) is 31.7 Å². The number of aromatic nitrogens is 2. The molecule has 0 aliphatic carbocycles. The van der Waals surface area contributed by atoms with Crippen LogP contribution in [0.3, 0.4) is 0 Å². The van der Waals surface area contributed by atoms with E-state index in [1.165, 1.54) is 0 Å². The molecule has 0 aliphatic rings. The minimum absolute atomic E-state index is 0.668. The van der Waals surface area contributed by atoms with Crippen LogP contribution in [0, 0.1) is 0 Å². The Morgan fingerprint density at radius 3 is 2.56 bits per heavy atom. The summed E-state index contributed by atoms with van der Waals surface area (Å²) in [6, 6.07) is 5.67. The lowest BCUT2D eigenvalue weighted by Crippen LogP contribution is -1.97. The lowest BCUT2D eigenvalue weighted by atomic mass is 10.1. The predicted octanol–water partition coefficient (Wildman–Crippen LogP) is 3.44. The largest absolute Gasteiger partial charge is 0.494 e. The molecule has 2 aromatic rings. The van der Waals surface area contributed by atoms with Gasteiger partial charge in [0.2, 0.25) is 0 Å². The summed E-state index contributed by atoms with van der Waals surface area (Å²) >= 11 is 0. The van der Waals surface area contributed by atoms with Gasteiger partial charge in [0, 0.05) is 23.5 Å². The molecule has 0 N–H and O–H groups in total. The Morgan fingerprint density at radius 1 is 1.17 bits per heavy atom. The fourth-order valence-corrected chi connectivity index (χ4v) is 1.79. The van der Waals surface area contributed by atoms with Crippen LogP contribution in [0.2, 0.25) is 0 Å². The Labute approximate surface area is 106 Å². The van der Waals surface area contributed by atoms with Crippen LogP contribution >= 0.6 is 0 Å². The van der Waals surface area contributed by atoms with Crippen LogP contribution in [-0.2, 0) is 0 Å². The van der Waals surface area contributed by atoms with E-state index in [0.717, 1.165) is 16.8 Å².